The number of aromatic nitrogens is 1. The zero-order chi connectivity index (χ0) is 15.2. The zero-order valence-corrected chi connectivity index (χ0v) is 12.2. The van der Waals surface area contributed by atoms with Crippen LogP contribution in [0.1, 0.15) is 11.5 Å². The molecule has 114 valence electrons. The van der Waals surface area contributed by atoms with E-state index >= 15 is 0 Å². The summed E-state index contributed by atoms with van der Waals surface area (Å²) < 4.78 is 5.40. The van der Waals surface area contributed by atoms with Gasteiger partial charge in [0.2, 0.25) is 0 Å². The maximum atomic E-state index is 8.93. The summed E-state index contributed by atoms with van der Waals surface area (Å²) in [5.41, 5.74) is 0.993. The van der Waals surface area contributed by atoms with Gasteiger partial charge in [0.25, 0.3) is 0 Å². The van der Waals surface area contributed by atoms with Gasteiger partial charge in [0, 0.05) is 18.5 Å². The molecule has 3 rings (SSSR count). The van der Waals surface area contributed by atoms with Crippen LogP contribution in [0.5, 0.6) is 0 Å². The molecule has 0 atom stereocenters. The van der Waals surface area contributed by atoms with Crippen LogP contribution < -0.4 is 10.6 Å². The third kappa shape index (κ3) is 3.63. The molecule has 5 nitrogen and oxygen atoms in total. The van der Waals surface area contributed by atoms with Crippen LogP contribution in [0.4, 0.5) is 5.82 Å². The van der Waals surface area contributed by atoms with E-state index in [1.165, 1.54) is 0 Å². The molecule has 3 N–H and O–H groups in total. The number of aliphatic hydroxyl groups is 1. The van der Waals surface area contributed by atoms with Gasteiger partial charge in [-0.3, -0.25) is 0 Å². The van der Waals surface area contributed by atoms with Crippen LogP contribution in [0.2, 0.25) is 0 Å². The molecule has 0 aliphatic carbocycles. The van der Waals surface area contributed by atoms with Gasteiger partial charge in [0.1, 0.15) is 23.9 Å². The Morgan fingerprint density at radius 1 is 0.955 bits per heavy atom. The van der Waals surface area contributed by atoms with Gasteiger partial charge in [-0.15, -0.1) is 0 Å². The molecule has 0 aliphatic rings. The Kier molecular flexibility index (Phi) is 4.68. The van der Waals surface area contributed by atoms with Crippen LogP contribution >= 0.6 is 0 Å². The van der Waals surface area contributed by atoms with Crippen molar-refractivity contribution in [2.75, 3.05) is 18.4 Å². The third-order valence-corrected chi connectivity index (χ3v) is 3.38. The summed E-state index contributed by atoms with van der Waals surface area (Å²) in [6.07, 6.45) is 0. The van der Waals surface area contributed by atoms with Crippen molar-refractivity contribution in [3.63, 3.8) is 0 Å². The first kappa shape index (κ1) is 14.6. The maximum Gasteiger partial charge on any atom is 0.129 e. The number of anilines is 1. The largest absolute Gasteiger partial charge is 0.462 e. The first-order valence-corrected chi connectivity index (χ1v) is 7.34. The lowest BCUT2D eigenvalue weighted by Crippen LogP contribution is -2.21. The average molecular weight is 297 g/mol. The van der Waals surface area contributed by atoms with Gasteiger partial charge in [0.05, 0.1) is 12.1 Å². The summed E-state index contributed by atoms with van der Waals surface area (Å²) in [5.74, 6) is 2.30. The van der Waals surface area contributed by atoms with Crippen molar-refractivity contribution in [3.05, 3.63) is 60.1 Å². The number of benzene rings is 1. The predicted molar refractivity (Wildman–Crippen MR) is 86.6 cm³/mol. The van der Waals surface area contributed by atoms with Crippen LogP contribution in [0.3, 0.4) is 0 Å². The van der Waals surface area contributed by atoms with Crippen LogP contribution in [0.25, 0.3) is 10.9 Å². The highest BCUT2D eigenvalue weighted by Crippen LogP contribution is 2.14. The van der Waals surface area contributed by atoms with Gasteiger partial charge in [-0.1, -0.05) is 18.2 Å². The van der Waals surface area contributed by atoms with Gasteiger partial charge >= 0.3 is 0 Å². The van der Waals surface area contributed by atoms with Crippen LogP contribution in [0.15, 0.2) is 52.9 Å². The average Bonchev–Trinajstić information content (AvgIpc) is 3.02. The highest BCUT2D eigenvalue weighted by atomic mass is 16.4. The molecule has 0 amide bonds. The lowest BCUT2D eigenvalue weighted by molar-refractivity contribution is 0.243. The van der Waals surface area contributed by atoms with Crippen molar-refractivity contribution in [1.82, 2.24) is 10.3 Å². The second kappa shape index (κ2) is 7.06. The highest BCUT2D eigenvalue weighted by molar-refractivity contribution is 5.79. The molecule has 5 heteroatoms. The molecule has 0 saturated heterocycles. The van der Waals surface area contributed by atoms with Gasteiger partial charge in [-0.2, -0.15) is 0 Å². The number of hydrogen-bond acceptors (Lipinski definition) is 5. The van der Waals surface area contributed by atoms with E-state index in [-0.39, 0.29) is 6.61 Å². The number of nitrogens with one attached hydrogen (secondary N) is 2. The van der Waals surface area contributed by atoms with Crippen molar-refractivity contribution in [2.45, 2.75) is 13.2 Å². The second-order valence-electron chi connectivity index (χ2n) is 5.02. The van der Waals surface area contributed by atoms with E-state index in [2.05, 4.69) is 27.8 Å². The van der Waals surface area contributed by atoms with Crippen LogP contribution in [-0.4, -0.2) is 23.2 Å². The summed E-state index contributed by atoms with van der Waals surface area (Å²) in [6, 6.07) is 15.8. The first-order chi connectivity index (χ1) is 10.8. The number of furan rings is 1. The summed E-state index contributed by atoms with van der Waals surface area (Å²) in [4.78, 5) is 4.56. The van der Waals surface area contributed by atoms with E-state index < -0.39 is 0 Å². The number of nitrogens with zero attached hydrogens (tertiary/aromatic N) is 1. The molecular weight excluding hydrogens is 278 g/mol. The molecule has 22 heavy (non-hydrogen) atoms. The fourth-order valence-corrected chi connectivity index (χ4v) is 2.26. The van der Waals surface area contributed by atoms with Gasteiger partial charge in [0.15, 0.2) is 0 Å². The number of aliphatic hydroxyl groups excluding tert-OH is 1. The van der Waals surface area contributed by atoms with Gasteiger partial charge in [-0.05, 0) is 30.3 Å². The Balaban J connectivity index is 1.44. The normalized spacial score (nSPS) is 11.0. The minimum Gasteiger partial charge on any atom is -0.462 e. The Hall–Kier alpha value is -2.37. The zero-order valence-electron chi connectivity index (χ0n) is 12.2. The molecular formula is C17H19N3O2. The molecule has 0 spiro atoms. The van der Waals surface area contributed by atoms with Crippen LogP contribution in [-0.2, 0) is 13.2 Å². The predicted octanol–water partition coefficient (Wildman–Crippen LogP) is 2.52. The molecule has 0 saturated carbocycles. The van der Waals surface area contributed by atoms with Crippen molar-refractivity contribution in [1.29, 1.82) is 0 Å². The Bertz CT molecular complexity index is 739. The monoisotopic (exact) mass is 297 g/mol. The molecule has 1 aromatic carbocycles. The smallest absolute Gasteiger partial charge is 0.129 e. The third-order valence-electron chi connectivity index (χ3n) is 3.38. The van der Waals surface area contributed by atoms with Gasteiger partial charge < -0.3 is 20.2 Å². The fourth-order valence-electron chi connectivity index (χ4n) is 2.26. The molecule has 3 aromatic rings. The number of fused-ring (bicyclic) bond motifs is 1. The van der Waals surface area contributed by atoms with E-state index in [0.717, 1.165) is 35.6 Å². The maximum absolute atomic E-state index is 8.93. The van der Waals surface area contributed by atoms with E-state index in [4.69, 9.17) is 9.52 Å². The molecule has 0 unspecified atom stereocenters. The Morgan fingerprint density at radius 3 is 2.68 bits per heavy atom. The number of rotatable bonds is 7. The minimum atomic E-state index is -0.0603. The number of hydrogen-bond donors (Lipinski definition) is 3. The van der Waals surface area contributed by atoms with Crippen molar-refractivity contribution in [3.8, 4) is 0 Å². The summed E-state index contributed by atoms with van der Waals surface area (Å²) in [5, 5.41) is 16.6. The Morgan fingerprint density at radius 2 is 1.82 bits per heavy atom. The standard InChI is InChI=1S/C17H19N3O2/c21-12-15-7-6-14(22-15)11-18-9-10-19-17-8-5-13-3-1-2-4-16(13)20-17/h1-8,18,21H,9-12H2,(H,19,20). The topological polar surface area (TPSA) is 70.3 Å². The van der Waals surface area contributed by atoms with Crippen molar-refractivity contribution < 1.29 is 9.52 Å². The van der Waals surface area contributed by atoms with E-state index in [0.29, 0.717) is 12.3 Å². The highest BCUT2D eigenvalue weighted by Gasteiger charge is 2.00. The van der Waals surface area contributed by atoms with E-state index in [1.54, 1.807) is 6.07 Å². The van der Waals surface area contributed by atoms with Crippen molar-refractivity contribution in [2.24, 2.45) is 0 Å². The Labute approximate surface area is 129 Å². The van der Waals surface area contributed by atoms with Crippen LogP contribution in [0, 0.1) is 0 Å². The lowest BCUT2D eigenvalue weighted by Gasteiger charge is -2.07. The fraction of sp³-hybridized carbons (Fsp3) is 0.235. The molecule has 0 bridgehead atoms. The van der Waals surface area contributed by atoms with Crippen molar-refractivity contribution >= 4 is 16.7 Å². The number of pyridine rings is 1. The number of para-hydroxylation sites is 1. The SMILES string of the molecule is OCc1ccc(CNCCNc2ccc3ccccc3n2)o1. The molecule has 0 fully saturated rings. The molecule has 0 aliphatic heterocycles. The summed E-state index contributed by atoms with van der Waals surface area (Å²) in [7, 11) is 0. The second-order valence-corrected chi connectivity index (χ2v) is 5.02. The molecule has 2 heterocycles. The minimum absolute atomic E-state index is 0.0603. The van der Waals surface area contributed by atoms with Gasteiger partial charge in [-0.25, -0.2) is 4.98 Å². The summed E-state index contributed by atoms with van der Waals surface area (Å²) >= 11 is 0. The quantitative estimate of drug-likeness (QED) is 0.585. The lowest BCUT2D eigenvalue weighted by atomic mass is 10.2. The summed E-state index contributed by atoms with van der Waals surface area (Å²) in [6.45, 7) is 2.16. The molecule has 0 radical (unpaired) electrons. The molecule has 2 aromatic heterocycles. The van der Waals surface area contributed by atoms with E-state index in [1.807, 2.05) is 30.3 Å². The van der Waals surface area contributed by atoms with E-state index in [9.17, 15) is 0 Å². The first-order valence-electron chi connectivity index (χ1n) is 7.34.